The number of halogens is 1. The Bertz CT molecular complexity index is 490. The highest BCUT2D eigenvalue weighted by molar-refractivity contribution is 7.98. The number of nitrogens with one attached hydrogen (secondary N) is 1. The van der Waals surface area contributed by atoms with Gasteiger partial charge in [0, 0.05) is 12.6 Å². The summed E-state index contributed by atoms with van der Waals surface area (Å²) in [5.41, 5.74) is 1.20. The van der Waals surface area contributed by atoms with Gasteiger partial charge in [0.15, 0.2) is 5.16 Å². The lowest BCUT2D eigenvalue weighted by Gasteiger charge is -2.06. The molecule has 1 aromatic carbocycles. The first-order chi connectivity index (χ1) is 8.28. The summed E-state index contributed by atoms with van der Waals surface area (Å²) in [7, 11) is 0. The Morgan fingerprint density at radius 3 is 2.71 bits per heavy atom. The van der Waals surface area contributed by atoms with E-state index in [4.69, 9.17) is 11.6 Å². The maximum absolute atomic E-state index is 5.91. The van der Waals surface area contributed by atoms with Crippen LogP contribution in [0.3, 0.4) is 0 Å². The van der Waals surface area contributed by atoms with E-state index in [-0.39, 0.29) is 0 Å². The van der Waals surface area contributed by atoms with Crippen LogP contribution in [-0.4, -0.2) is 16.2 Å². The Morgan fingerprint density at radius 1 is 1.24 bits per heavy atom. The third-order valence-corrected chi connectivity index (χ3v) is 2.91. The van der Waals surface area contributed by atoms with Gasteiger partial charge in [0.2, 0.25) is 0 Å². The van der Waals surface area contributed by atoms with Gasteiger partial charge in [0.25, 0.3) is 0 Å². The van der Waals surface area contributed by atoms with Crippen LogP contribution >= 0.6 is 23.4 Å². The highest BCUT2D eigenvalue weighted by atomic mass is 35.5. The number of anilines is 1. The molecule has 0 aliphatic rings. The molecular formula is C12H12ClN3S. The Kier molecular flexibility index (Phi) is 4.23. The third-order valence-electron chi connectivity index (χ3n) is 2.17. The number of aromatic nitrogens is 2. The van der Waals surface area contributed by atoms with Crippen molar-refractivity contribution < 1.29 is 0 Å². The van der Waals surface area contributed by atoms with Crippen molar-refractivity contribution in [3.05, 3.63) is 47.1 Å². The lowest BCUT2D eigenvalue weighted by atomic mass is 10.2. The summed E-state index contributed by atoms with van der Waals surface area (Å²) < 4.78 is 0. The van der Waals surface area contributed by atoms with Crippen LogP contribution in [0.15, 0.2) is 41.6 Å². The van der Waals surface area contributed by atoms with Gasteiger partial charge in [-0.25, -0.2) is 9.97 Å². The fourth-order valence-corrected chi connectivity index (χ4v) is 1.98. The summed E-state index contributed by atoms with van der Waals surface area (Å²) in [6.45, 7) is 0.724. The predicted molar refractivity (Wildman–Crippen MR) is 72.6 cm³/mol. The average molecular weight is 266 g/mol. The molecule has 0 fully saturated rings. The lowest BCUT2D eigenvalue weighted by Crippen LogP contribution is -2.02. The van der Waals surface area contributed by atoms with Crippen molar-refractivity contribution in [2.45, 2.75) is 11.7 Å². The van der Waals surface area contributed by atoms with E-state index < -0.39 is 0 Å². The van der Waals surface area contributed by atoms with Crippen molar-refractivity contribution in [1.29, 1.82) is 0 Å². The molecule has 17 heavy (non-hydrogen) atoms. The highest BCUT2D eigenvalue weighted by Crippen LogP contribution is 2.17. The number of nitrogens with zero attached hydrogens (tertiary/aromatic N) is 2. The minimum atomic E-state index is 0.458. The molecule has 0 spiro atoms. The van der Waals surface area contributed by atoms with Crippen LogP contribution in [0.2, 0.25) is 5.15 Å². The molecule has 1 heterocycles. The Morgan fingerprint density at radius 2 is 2.00 bits per heavy atom. The van der Waals surface area contributed by atoms with Crippen molar-refractivity contribution in [2.75, 3.05) is 11.6 Å². The summed E-state index contributed by atoms with van der Waals surface area (Å²) in [4.78, 5) is 8.41. The van der Waals surface area contributed by atoms with Crippen LogP contribution in [0.4, 0.5) is 5.82 Å². The summed E-state index contributed by atoms with van der Waals surface area (Å²) in [5, 5.41) is 4.36. The minimum Gasteiger partial charge on any atom is -0.366 e. The third kappa shape index (κ3) is 3.61. The Labute approximate surface area is 110 Å². The molecule has 0 amide bonds. The van der Waals surface area contributed by atoms with E-state index in [0.29, 0.717) is 10.3 Å². The molecule has 0 aliphatic heterocycles. The minimum absolute atomic E-state index is 0.458. The van der Waals surface area contributed by atoms with Crippen molar-refractivity contribution >= 4 is 29.2 Å². The van der Waals surface area contributed by atoms with Crippen LogP contribution in [0.5, 0.6) is 0 Å². The van der Waals surface area contributed by atoms with Crippen molar-refractivity contribution in [1.82, 2.24) is 9.97 Å². The normalized spacial score (nSPS) is 10.2. The molecule has 0 saturated carbocycles. The highest BCUT2D eigenvalue weighted by Gasteiger charge is 2.01. The van der Waals surface area contributed by atoms with Gasteiger partial charge < -0.3 is 5.32 Å². The summed E-state index contributed by atoms with van der Waals surface area (Å²) in [5.74, 6) is 0.748. The zero-order valence-electron chi connectivity index (χ0n) is 9.35. The molecule has 0 saturated heterocycles. The molecule has 0 aliphatic carbocycles. The van der Waals surface area contributed by atoms with Gasteiger partial charge >= 0.3 is 0 Å². The number of thioether (sulfide) groups is 1. The van der Waals surface area contributed by atoms with Crippen LogP contribution in [0.1, 0.15) is 5.56 Å². The first-order valence-electron chi connectivity index (χ1n) is 5.14. The smallest absolute Gasteiger partial charge is 0.190 e. The fourth-order valence-electron chi connectivity index (χ4n) is 1.37. The second kappa shape index (κ2) is 5.89. The molecular weight excluding hydrogens is 254 g/mol. The number of hydrogen-bond donors (Lipinski definition) is 1. The maximum atomic E-state index is 5.91. The Balaban J connectivity index is 2.06. The van der Waals surface area contributed by atoms with Gasteiger partial charge in [0.05, 0.1) is 0 Å². The van der Waals surface area contributed by atoms with Crippen LogP contribution in [-0.2, 0) is 6.54 Å². The topological polar surface area (TPSA) is 37.8 Å². The van der Waals surface area contributed by atoms with E-state index in [9.17, 15) is 0 Å². The second-order valence-electron chi connectivity index (χ2n) is 3.40. The first-order valence-corrected chi connectivity index (χ1v) is 6.74. The number of rotatable bonds is 4. The van der Waals surface area contributed by atoms with E-state index in [1.165, 1.54) is 17.3 Å². The van der Waals surface area contributed by atoms with Gasteiger partial charge in [-0.2, -0.15) is 0 Å². The van der Waals surface area contributed by atoms with Crippen molar-refractivity contribution in [3.8, 4) is 0 Å². The molecule has 88 valence electrons. The number of hydrogen-bond acceptors (Lipinski definition) is 4. The molecule has 0 radical (unpaired) electrons. The molecule has 2 aromatic rings. The Hall–Kier alpha value is -1.26. The van der Waals surface area contributed by atoms with Crippen molar-refractivity contribution in [2.24, 2.45) is 0 Å². The number of benzene rings is 1. The quantitative estimate of drug-likeness (QED) is 0.522. The lowest BCUT2D eigenvalue weighted by molar-refractivity contribution is 0.956. The van der Waals surface area contributed by atoms with E-state index in [1.807, 2.05) is 24.5 Å². The molecule has 1 N–H and O–H groups in total. The van der Waals surface area contributed by atoms with Gasteiger partial charge in [-0.1, -0.05) is 53.7 Å². The molecule has 2 rings (SSSR count). The van der Waals surface area contributed by atoms with Crippen LogP contribution < -0.4 is 5.32 Å². The van der Waals surface area contributed by atoms with E-state index in [2.05, 4.69) is 27.4 Å². The molecule has 0 unspecified atom stereocenters. The average Bonchev–Trinajstić information content (AvgIpc) is 2.37. The molecule has 0 bridgehead atoms. The van der Waals surface area contributed by atoms with E-state index in [0.717, 1.165) is 12.4 Å². The van der Waals surface area contributed by atoms with E-state index in [1.54, 1.807) is 6.07 Å². The van der Waals surface area contributed by atoms with Gasteiger partial charge in [0.1, 0.15) is 11.0 Å². The zero-order valence-corrected chi connectivity index (χ0v) is 10.9. The largest absolute Gasteiger partial charge is 0.366 e. The molecule has 1 aromatic heterocycles. The predicted octanol–water partition coefficient (Wildman–Crippen LogP) is 3.46. The molecule has 3 nitrogen and oxygen atoms in total. The summed E-state index contributed by atoms with van der Waals surface area (Å²) >= 11 is 7.38. The monoisotopic (exact) mass is 265 g/mol. The van der Waals surface area contributed by atoms with Gasteiger partial charge in [-0.15, -0.1) is 0 Å². The van der Waals surface area contributed by atoms with Crippen molar-refractivity contribution in [3.63, 3.8) is 0 Å². The van der Waals surface area contributed by atoms with Crippen LogP contribution in [0.25, 0.3) is 0 Å². The zero-order chi connectivity index (χ0) is 12.1. The van der Waals surface area contributed by atoms with Crippen LogP contribution in [0, 0.1) is 0 Å². The summed E-state index contributed by atoms with van der Waals surface area (Å²) in [6, 6.07) is 11.9. The first kappa shape index (κ1) is 12.2. The second-order valence-corrected chi connectivity index (χ2v) is 4.56. The SMILES string of the molecule is CSc1nc(Cl)cc(NCc2ccccc2)n1. The van der Waals surface area contributed by atoms with Gasteiger partial charge in [-0.3, -0.25) is 0 Å². The summed E-state index contributed by atoms with van der Waals surface area (Å²) in [6.07, 6.45) is 1.92. The fraction of sp³-hybridized carbons (Fsp3) is 0.167. The van der Waals surface area contributed by atoms with E-state index >= 15 is 0 Å². The molecule has 0 atom stereocenters. The van der Waals surface area contributed by atoms with Gasteiger partial charge in [-0.05, 0) is 11.8 Å². The standard InChI is InChI=1S/C12H12ClN3S/c1-17-12-15-10(13)7-11(16-12)14-8-9-5-3-2-4-6-9/h2-7H,8H2,1H3,(H,14,15,16). The maximum Gasteiger partial charge on any atom is 0.190 e. The molecule has 5 heteroatoms.